The third-order valence-corrected chi connectivity index (χ3v) is 4.25. The Bertz CT molecular complexity index is 431. The van der Waals surface area contributed by atoms with Crippen LogP contribution in [0.2, 0.25) is 0 Å². The summed E-state index contributed by atoms with van der Waals surface area (Å²) in [5.74, 6) is 0.890. The van der Waals surface area contributed by atoms with Crippen LogP contribution in [0.4, 0.5) is 4.39 Å². The summed E-state index contributed by atoms with van der Waals surface area (Å²) < 4.78 is 13.0. The highest BCUT2D eigenvalue weighted by Crippen LogP contribution is 2.33. The van der Waals surface area contributed by atoms with Gasteiger partial charge in [0.05, 0.1) is 0 Å². The van der Waals surface area contributed by atoms with Crippen molar-refractivity contribution < 1.29 is 9.18 Å². The van der Waals surface area contributed by atoms with Gasteiger partial charge in [0.2, 0.25) is 0 Å². The molecule has 0 atom stereocenters. The van der Waals surface area contributed by atoms with Crippen LogP contribution in [0, 0.1) is 24.6 Å². The lowest BCUT2D eigenvalue weighted by Crippen LogP contribution is -2.22. The van der Waals surface area contributed by atoms with Crippen LogP contribution in [-0.4, -0.2) is 5.78 Å². The first-order chi connectivity index (χ1) is 8.61. The topological polar surface area (TPSA) is 17.1 Å². The molecule has 0 aliphatic heterocycles. The fourth-order valence-electron chi connectivity index (χ4n) is 2.96. The molecule has 2 rings (SSSR count). The Morgan fingerprint density at radius 3 is 2.50 bits per heavy atom. The minimum atomic E-state index is -0.265. The Hall–Kier alpha value is -1.18. The summed E-state index contributed by atoms with van der Waals surface area (Å²) in [4.78, 5) is 12.4. The number of benzene rings is 1. The molecule has 1 aliphatic carbocycles. The third kappa shape index (κ3) is 2.80. The maximum absolute atomic E-state index is 13.0. The number of hydrogen-bond acceptors (Lipinski definition) is 1. The fourth-order valence-corrected chi connectivity index (χ4v) is 2.96. The van der Waals surface area contributed by atoms with E-state index in [0.29, 0.717) is 5.56 Å². The van der Waals surface area contributed by atoms with E-state index in [1.807, 2.05) is 6.92 Å². The number of ketones is 1. The number of hydrogen-bond donors (Lipinski definition) is 0. The van der Waals surface area contributed by atoms with Gasteiger partial charge in [0.1, 0.15) is 5.82 Å². The molecule has 1 aromatic rings. The Labute approximate surface area is 108 Å². The summed E-state index contributed by atoms with van der Waals surface area (Å²) in [5, 5.41) is 0. The number of carbonyl (C=O) groups excluding carboxylic acids is 1. The van der Waals surface area contributed by atoms with Crippen molar-refractivity contribution in [1.29, 1.82) is 0 Å². The number of carbonyl (C=O) groups is 1. The monoisotopic (exact) mass is 248 g/mol. The van der Waals surface area contributed by atoms with E-state index in [-0.39, 0.29) is 17.5 Å². The van der Waals surface area contributed by atoms with Crippen LogP contribution in [0.1, 0.15) is 54.9 Å². The Balaban J connectivity index is 2.08. The summed E-state index contributed by atoms with van der Waals surface area (Å²) in [7, 11) is 0. The molecule has 1 aromatic carbocycles. The maximum atomic E-state index is 13.0. The minimum absolute atomic E-state index is 0.150. The first-order valence-electron chi connectivity index (χ1n) is 6.92. The minimum Gasteiger partial charge on any atom is -0.294 e. The van der Waals surface area contributed by atoms with Crippen LogP contribution in [0.3, 0.4) is 0 Å². The van der Waals surface area contributed by atoms with Gasteiger partial charge >= 0.3 is 0 Å². The summed E-state index contributed by atoms with van der Waals surface area (Å²) in [5.41, 5.74) is 1.47. The molecule has 18 heavy (non-hydrogen) atoms. The summed E-state index contributed by atoms with van der Waals surface area (Å²) >= 11 is 0. The van der Waals surface area contributed by atoms with Crippen LogP contribution in [-0.2, 0) is 0 Å². The lowest BCUT2D eigenvalue weighted by molar-refractivity contribution is 0.0870. The molecule has 0 radical (unpaired) electrons. The SMILES string of the molecule is CCC1CCC(C(=O)c2ccc(F)cc2C)CC1. The highest BCUT2D eigenvalue weighted by molar-refractivity contribution is 5.99. The van der Waals surface area contributed by atoms with Gasteiger partial charge in [-0.25, -0.2) is 4.39 Å². The van der Waals surface area contributed by atoms with E-state index < -0.39 is 0 Å². The smallest absolute Gasteiger partial charge is 0.166 e. The van der Waals surface area contributed by atoms with E-state index in [1.165, 1.54) is 18.6 Å². The predicted molar refractivity (Wildman–Crippen MR) is 71.2 cm³/mol. The lowest BCUT2D eigenvalue weighted by atomic mass is 9.77. The number of rotatable bonds is 3. The fraction of sp³-hybridized carbons (Fsp3) is 0.562. The van der Waals surface area contributed by atoms with Gasteiger partial charge in [-0.2, -0.15) is 0 Å². The summed E-state index contributed by atoms with van der Waals surface area (Å²) in [6.45, 7) is 4.03. The second kappa shape index (κ2) is 5.64. The van der Waals surface area contributed by atoms with Crippen molar-refractivity contribution in [2.24, 2.45) is 11.8 Å². The molecule has 0 N–H and O–H groups in total. The van der Waals surface area contributed by atoms with Gasteiger partial charge in [-0.1, -0.05) is 13.3 Å². The normalized spacial score (nSPS) is 23.9. The van der Waals surface area contributed by atoms with Crippen molar-refractivity contribution in [2.75, 3.05) is 0 Å². The van der Waals surface area contributed by atoms with Gasteiger partial charge < -0.3 is 0 Å². The van der Waals surface area contributed by atoms with Crippen LogP contribution in [0.5, 0.6) is 0 Å². The van der Waals surface area contributed by atoms with Crippen molar-refractivity contribution in [3.63, 3.8) is 0 Å². The van der Waals surface area contributed by atoms with Crippen molar-refractivity contribution in [2.45, 2.75) is 46.0 Å². The summed E-state index contributed by atoms with van der Waals surface area (Å²) in [6, 6.07) is 4.47. The average Bonchev–Trinajstić information content (AvgIpc) is 2.38. The van der Waals surface area contributed by atoms with Crippen molar-refractivity contribution in [3.8, 4) is 0 Å². The number of aryl methyl sites for hydroxylation is 1. The average molecular weight is 248 g/mol. The molecular weight excluding hydrogens is 227 g/mol. The predicted octanol–water partition coefficient (Wildman–Crippen LogP) is 4.53. The van der Waals surface area contributed by atoms with Gasteiger partial charge in [-0.05, 0) is 62.3 Å². The van der Waals surface area contributed by atoms with Gasteiger partial charge in [0.25, 0.3) is 0 Å². The molecule has 0 saturated heterocycles. The highest BCUT2D eigenvalue weighted by Gasteiger charge is 2.26. The van der Waals surface area contributed by atoms with Gasteiger partial charge in [0.15, 0.2) is 5.78 Å². The summed E-state index contributed by atoms with van der Waals surface area (Å²) in [6.07, 6.45) is 5.53. The lowest BCUT2D eigenvalue weighted by Gasteiger charge is -2.27. The molecule has 0 unspecified atom stereocenters. The van der Waals surface area contributed by atoms with Crippen LogP contribution in [0.25, 0.3) is 0 Å². The van der Waals surface area contributed by atoms with E-state index in [0.717, 1.165) is 37.2 Å². The highest BCUT2D eigenvalue weighted by atomic mass is 19.1. The quantitative estimate of drug-likeness (QED) is 0.718. The molecule has 0 amide bonds. The zero-order valence-corrected chi connectivity index (χ0v) is 11.2. The Morgan fingerprint density at radius 1 is 1.28 bits per heavy atom. The van der Waals surface area contributed by atoms with E-state index >= 15 is 0 Å². The molecular formula is C16H21FO. The molecule has 1 aliphatic rings. The van der Waals surface area contributed by atoms with Crippen LogP contribution >= 0.6 is 0 Å². The first-order valence-corrected chi connectivity index (χ1v) is 6.92. The first kappa shape index (κ1) is 13.3. The number of Topliss-reactive ketones (excluding diaryl/α,β-unsaturated/α-hetero) is 1. The Morgan fingerprint density at radius 2 is 1.94 bits per heavy atom. The van der Waals surface area contributed by atoms with Crippen molar-refractivity contribution in [3.05, 3.63) is 35.1 Å². The van der Waals surface area contributed by atoms with Crippen molar-refractivity contribution >= 4 is 5.78 Å². The maximum Gasteiger partial charge on any atom is 0.166 e. The number of halogens is 1. The van der Waals surface area contributed by atoms with Crippen molar-refractivity contribution in [1.82, 2.24) is 0 Å². The van der Waals surface area contributed by atoms with Gasteiger partial charge in [-0.3, -0.25) is 4.79 Å². The van der Waals surface area contributed by atoms with Crippen LogP contribution in [0.15, 0.2) is 18.2 Å². The molecule has 0 bridgehead atoms. The van der Waals surface area contributed by atoms with Gasteiger partial charge in [0, 0.05) is 11.5 Å². The standard InChI is InChI=1S/C16H21FO/c1-3-12-4-6-13(7-5-12)16(18)15-9-8-14(17)10-11(15)2/h8-10,12-13H,3-7H2,1-2H3. The Kier molecular flexibility index (Phi) is 4.15. The molecule has 0 spiro atoms. The van der Waals surface area contributed by atoms with E-state index in [1.54, 1.807) is 6.07 Å². The third-order valence-electron chi connectivity index (χ3n) is 4.25. The molecule has 98 valence electrons. The molecule has 1 fully saturated rings. The van der Waals surface area contributed by atoms with E-state index in [2.05, 4.69) is 6.92 Å². The molecule has 1 saturated carbocycles. The zero-order valence-electron chi connectivity index (χ0n) is 11.2. The van der Waals surface area contributed by atoms with Crippen LogP contribution < -0.4 is 0 Å². The second-order valence-electron chi connectivity index (χ2n) is 5.45. The second-order valence-corrected chi connectivity index (χ2v) is 5.45. The molecule has 1 nitrogen and oxygen atoms in total. The molecule has 2 heteroatoms. The molecule has 0 aromatic heterocycles. The van der Waals surface area contributed by atoms with E-state index in [9.17, 15) is 9.18 Å². The molecule has 0 heterocycles. The van der Waals surface area contributed by atoms with E-state index in [4.69, 9.17) is 0 Å². The largest absolute Gasteiger partial charge is 0.294 e. The van der Waals surface area contributed by atoms with Gasteiger partial charge in [-0.15, -0.1) is 0 Å². The zero-order chi connectivity index (χ0) is 13.1.